The zero-order valence-electron chi connectivity index (χ0n) is 12.4. The van der Waals surface area contributed by atoms with E-state index in [-0.39, 0.29) is 11.3 Å². The van der Waals surface area contributed by atoms with Crippen molar-refractivity contribution >= 4 is 11.9 Å². The maximum atomic E-state index is 12.5. The highest BCUT2D eigenvalue weighted by Gasteiger charge is 2.33. The topological polar surface area (TPSA) is 73.6 Å². The molecule has 1 fully saturated rings. The van der Waals surface area contributed by atoms with Crippen LogP contribution < -0.4 is 5.11 Å². The van der Waals surface area contributed by atoms with Crippen LogP contribution in [-0.4, -0.2) is 29.4 Å². The molecule has 0 aromatic carbocycles. The predicted molar refractivity (Wildman–Crippen MR) is 71.2 cm³/mol. The average molecular weight is 278 g/mol. The van der Waals surface area contributed by atoms with Crippen molar-refractivity contribution in [1.82, 2.24) is 4.90 Å². The second-order valence-electron chi connectivity index (χ2n) is 6.31. The lowest BCUT2D eigenvalue weighted by molar-refractivity contribution is -0.310. The summed E-state index contributed by atoms with van der Waals surface area (Å²) in [5.74, 6) is -0.215. The smallest absolute Gasteiger partial charge is 0.257 e. The number of hydrogen-bond donors (Lipinski definition) is 0. The van der Waals surface area contributed by atoms with Gasteiger partial charge in [-0.05, 0) is 25.8 Å². The van der Waals surface area contributed by atoms with Crippen LogP contribution in [0.3, 0.4) is 0 Å². The number of rotatable bonds is 2. The van der Waals surface area contributed by atoms with Gasteiger partial charge < -0.3 is 19.2 Å². The van der Waals surface area contributed by atoms with E-state index in [0.717, 1.165) is 5.76 Å². The largest absolute Gasteiger partial charge is 0.548 e. The average Bonchev–Trinajstić information content (AvgIpc) is 2.92. The second-order valence-corrected chi connectivity index (χ2v) is 6.31. The lowest BCUT2D eigenvalue weighted by Crippen LogP contribution is -2.47. The molecule has 0 radical (unpaired) electrons. The minimum Gasteiger partial charge on any atom is -0.548 e. The molecule has 1 aromatic rings. The molecule has 0 unspecified atom stereocenters. The summed E-state index contributed by atoms with van der Waals surface area (Å²) in [6.45, 7) is 8.18. The zero-order chi connectivity index (χ0) is 15.1. The van der Waals surface area contributed by atoms with Gasteiger partial charge >= 0.3 is 0 Å². The van der Waals surface area contributed by atoms with Gasteiger partial charge in [0, 0.05) is 12.0 Å². The summed E-state index contributed by atoms with van der Waals surface area (Å²) in [4.78, 5) is 24.9. The van der Waals surface area contributed by atoms with Gasteiger partial charge in [0.15, 0.2) is 0 Å². The number of likely N-dealkylation sites (tertiary alicyclic amines) is 1. The summed E-state index contributed by atoms with van der Waals surface area (Å²) >= 11 is 0. The van der Waals surface area contributed by atoms with Crippen LogP contribution in [0.2, 0.25) is 0 Å². The van der Waals surface area contributed by atoms with Crippen molar-refractivity contribution < 1.29 is 19.1 Å². The van der Waals surface area contributed by atoms with Crippen LogP contribution in [0.1, 0.15) is 55.5 Å². The normalized spacial score (nSPS) is 19.4. The molecule has 1 atom stereocenters. The minimum absolute atomic E-state index is 0.192. The Morgan fingerprint density at radius 1 is 1.40 bits per heavy atom. The van der Waals surface area contributed by atoms with Crippen LogP contribution in [-0.2, 0) is 10.2 Å². The first-order chi connectivity index (χ1) is 9.21. The van der Waals surface area contributed by atoms with Crippen molar-refractivity contribution in [3.63, 3.8) is 0 Å². The molecule has 2 heterocycles. The van der Waals surface area contributed by atoms with Gasteiger partial charge in [0.1, 0.15) is 11.5 Å². The van der Waals surface area contributed by atoms with Gasteiger partial charge in [-0.3, -0.25) is 4.79 Å². The van der Waals surface area contributed by atoms with Gasteiger partial charge in [0.05, 0.1) is 17.6 Å². The molecule has 5 nitrogen and oxygen atoms in total. The van der Waals surface area contributed by atoms with Crippen molar-refractivity contribution in [2.75, 3.05) is 6.54 Å². The highest BCUT2D eigenvalue weighted by atomic mass is 16.4. The third-order valence-corrected chi connectivity index (χ3v) is 3.67. The summed E-state index contributed by atoms with van der Waals surface area (Å²) < 4.78 is 5.64. The molecule has 1 amide bonds. The number of carbonyl (C=O) groups is 2. The van der Waals surface area contributed by atoms with E-state index in [2.05, 4.69) is 0 Å². The van der Waals surface area contributed by atoms with Gasteiger partial charge in [-0.2, -0.15) is 0 Å². The molecule has 0 aliphatic carbocycles. The summed E-state index contributed by atoms with van der Waals surface area (Å²) in [6, 6.07) is 0.900. The third kappa shape index (κ3) is 2.57. The Kier molecular flexibility index (Phi) is 3.63. The van der Waals surface area contributed by atoms with E-state index >= 15 is 0 Å². The number of hydrogen-bond acceptors (Lipinski definition) is 4. The van der Waals surface area contributed by atoms with Crippen LogP contribution in [0.4, 0.5) is 0 Å². The standard InChI is InChI=1S/C15H21NO4/c1-9-10(8-12(20-9)15(2,3)4)13(17)16-7-5-6-11(16)14(18)19/h8,11H,5-7H2,1-4H3,(H,18,19)/p-1/t11-/m0/s1. The number of carbonyl (C=O) groups excluding carboxylic acids is 2. The molecule has 20 heavy (non-hydrogen) atoms. The molecule has 0 bridgehead atoms. The number of carboxylic acids is 1. The Morgan fingerprint density at radius 3 is 2.55 bits per heavy atom. The minimum atomic E-state index is -1.19. The van der Waals surface area contributed by atoms with Crippen molar-refractivity contribution in [1.29, 1.82) is 0 Å². The maximum Gasteiger partial charge on any atom is 0.257 e. The molecular formula is C15H20NO4-. The summed E-state index contributed by atoms with van der Waals surface area (Å²) in [5.41, 5.74) is 0.255. The number of amides is 1. The fourth-order valence-electron chi connectivity index (χ4n) is 2.47. The first-order valence-corrected chi connectivity index (χ1v) is 6.84. The molecule has 2 rings (SSSR count). The first-order valence-electron chi connectivity index (χ1n) is 6.84. The molecule has 1 saturated heterocycles. The predicted octanol–water partition coefficient (Wildman–Crippen LogP) is 1.24. The molecule has 1 aliphatic rings. The molecule has 110 valence electrons. The van der Waals surface area contributed by atoms with E-state index in [1.54, 1.807) is 13.0 Å². The van der Waals surface area contributed by atoms with Crippen LogP contribution in [0.5, 0.6) is 0 Å². The Hall–Kier alpha value is -1.78. The van der Waals surface area contributed by atoms with E-state index in [1.165, 1.54) is 4.90 Å². The highest BCUT2D eigenvalue weighted by Crippen LogP contribution is 2.29. The fourth-order valence-corrected chi connectivity index (χ4v) is 2.47. The van der Waals surface area contributed by atoms with E-state index in [1.807, 2.05) is 20.8 Å². The number of carboxylic acid groups (broad SMARTS) is 1. The number of furan rings is 1. The van der Waals surface area contributed by atoms with Crippen LogP contribution in [0.25, 0.3) is 0 Å². The Morgan fingerprint density at radius 2 is 2.05 bits per heavy atom. The molecule has 0 spiro atoms. The van der Waals surface area contributed by atoms with Crippen molar-refractivity contribution in [2.45, 2.75) is 52.0 Å². The van der Waals surface area contributed by atoms with Crippen molar-refractivity contribution in [2.24, 2.45) is 0 Å². The Labute approximate surface area is 118 Å². The number of nitrogens with zero attached hydrogens (tertiary/aromatic N) is 1. The van der Waals surface area contributed by atoms with Gasteiger partial charge in [0.2, 0.25) is 0 Å². The first kappa shape index (κ1) is 14.6. The molecule has 1 aliphatic heterocycles. The van der Waals surface area contributed by atoms with Crippen molar-refractivity contribution in [3.8, 4) is 0 Å². The van der Waals surface area contributed by atoms with E-state index in [9.17, 15) is 14.7 Å². The van der Waals surface area contributed by atoms with Crippen molar-refractivity contribution in [3.05, 3.63) is 23.2 Å². The highest BCUT2D eigenvalue weighted by molar-refractivity contribution is 5.97. The van der Waals surface area contributed by atoms with E-state index in [4.69, 9.17) is 4.42 Å². The van der Waals surface area contributed by atoms with Gasteiger partial charge in [0.25, 0.3) is 5.91 Å². The molecular weight excluding hydrogens is 258 g/mol. The van der Waals surface area contributed by atoms with Crippen LogP contribution in [0.15, 0.2) is 10.5 Å². The number of aryl methyl sites for hydroxylation is 1. The van der Waals surface area contributed by atoms with Gasteiger partial charge in [-0.25, -0.2) is 0 Å². The summed E-state index contributed by atoms with van der Waals surface area (Å²) in [7, 11) is 0. The van der Waals surface area contributed by atoms with Crippen LogP contribution >= 0.6 is 0 Å². The van der Waals surface area contributed by atoms with Gasteiger partial charge in [-0.1, -0.05) is 20.8 Å². The summed E-state index contributed by atoms with van der Waals surface area (Å²) in [5, 5.41) is 11.1. The van der Waals surface area contributed by atoms with Gasteiger partial charge in [-0.15, -0.1) is 0 Å². The third-order valence-electron chi connectivity index (χ3n) is 3.67. The Bertz CT molecular complexity index is 539. The fraction of sp³-hybridized carbons (Fsp3) is 0.600. The van der Waals surface area contributed by atoms with Crippen LogP contribution in [0, 0.1) is 6.92 Å². The Balaban J connectivity index is 2.30. The summed E-state index contributed by atoms with van der Waals surface area (Å²) in [6.07, 6.45) is 1.14. The van der Waals surface area contributed by atoms with E-state index in [0.29, 0.717) is 30.7 Å². The zero-order valence-corrected chi connectivity index (χ0v) is 12.4. The molecule has 0 N–H and O–H groups in total. The molecule has 0 saturated carbocycles. The monoisotopic (exact) mass is 278 g/mol. The number of aliphatic carboxylic acids is 1. The lowest BCUT2D eigenvalue weighted by Gasteiger charge is -2.25. The quantitative estimate of drug-likeness (QED) is 0.815. The van der Waals surface area contributed by atoms with E-state index < -0.39 is 12.0 Å². The second kappa shape index (κ2) is 4.96. The lowest BCUT2D eigenvalue weighted by atomic mass is 9.93. The molecule has 1 aromatic heterocycles. The SMILES string of the molecule is Cc1oc(C(C)(C)C)cc1C(=O)N1CCC[C@H]1C(=O)[O-]. The maximum absolute atomic E-state index is 12.5. The molecule has 5 heteroatoms.